The minimum absolute atomic E-state index is 0.170. The fraction of sp³-hybridized carbons (Fsp3) is 0.259. The first kappa shape index (κ1) is 23.3. The number of nitrogens with one attached hydrogen (secondary N) is 1. The summed E-state index contributed by atoms with van der Waals surface area (Å²) in [6.45, 7) is 0.482. The summed E-state index contributed by atoms with van der Waals surface area (Å²) in [5.74, 6) is -0.0803. The first-order valence-corrected chi connectivity index (χ1v) is 11.5. The van der Waals surface area contributed by atoms with Crippen LogP contribution in [0.1, 0.15) is 28.2 Å². The van der Waals surface area contributed by atoms with Crippen molar-refractivity contribution in [1.82, 2.24) is 4.90 Å². The molecule has 0 aliphatic carbocycles. The number of anilines is 1. The van der Waals surface area contributed by atoms with Crippen LogP contribution in [0.5, 0.6) is 11.5 Å². The number of nitro groups is 1. The highest BCUT2D eigenvalue weighted by Gasteiger charge is 2.68. The Bertz CT molecular complexity index is 1400. The first-order valence-electron chi connectivity index (χ1n) is 11.5. The molecule has 3 aromatic rings. The third-order valence-electron chi connectivity index (χ3n) is 7.18. The van der Waals surface area contributed by atoms with Crippen molar-refractivity contribution in [1.29, 1.82) is 5.26 Å². The van der Waals surface area contributed by atoms with Gasteiger partial charge in [-0.25, -0.2) is 0 Å². The Labute approximate surface area is 208 Å². The van der Waals surface area contributed by atoms with Gasteiger partial charge in [0.1, 0.15) is 6.61 Å². The van der Waals surface area contributed by atoms with Gasteiger partial charge < -0.3 is 14.8 Å². The molecule has 3 atom stereocenters. The van der Waals surface area contributed by atoms with Crippen molar-refractivity contribution in [2.24, 2.45) is 0 Å². The van der Waals surface area contributed by atoms with Gasteiger partial charge >= 0.3 is 0 Å². The zero-order chi connectivity index (χ0) is 25.4. The number of rotatable bonds is 6. The van der Waals surface area contributed by atoms with E-state index in [9.17, 15) is 20.2 Å². The van der Waals surface area contributed by atoms with E-state index in [1.807, 2.05) is 12.1 Å². The van der Waals surface area contributed by atoms with Crippen LogP contribution in [-0.2, 0) is 16.9 Å². The van der Waals surface area contributed by atoms with Crippen molar-refractivity contribution >= 4 is 11.6 Å². The molecule has 9 heteroatoms. The highest BCUT2D eigenvalue weighted by molar-refractivity contribution is 6.06. The fourth-order valence-corrected chi connectivity index (χ4v) is 5.52. The smallest absolute Gasteiger partial charge is 0.256 e. The third kappa shape index (κ3) is 3.46. The van der Waals surface area contributed by atoms with E-state index in [1.54, 1.807) is 66.5 Å². The summed E-state index contributed by atoms with van der Waals surface area (Å²) in [7, 11) is 3.25. The standard InChI is InChI=1S/C27H24N4O5/c1-30-15-20(25(31(33)34)27(30)21-9-5-6-10-22(21)29-26(27)32)17-11-12-23(24(13-17)35-2)36-16-19-8-4-3-7-18(19)14-28/h3-13,20,25H,15-16H2,1-2H3,(H,29,32)/t20-,25-,27+/m0/s1. The lowest BCUT2D eigenvalue weighted by Gasteiger charge is -2.30. The lowest BCUT2D eigenvalue weighted by molar-refractivity contribution is -0.534. The minimum atomic E-state index is -1.41. The predicted octanol–water partition coefficient (Wildman–Crippen LogP) is 3.67. The van der Waals surface area contributed by atoms with E-state index in [1.165, 1.54) is 7.11 Å². The molecule has 0 bridgehead atoms. The number of hydrogen-bond acceptors (Lipinski definition) is 7. The molecule has 2 aliphatic heterocycles. The third-order valence-corrected chi connectivity index (χ3v) is 7.18. The van der Waals surface area contributed by atoms with Gasteiger partial charge in [-0.05, 0) is 36.9 Å². The number of nitriles is 1. The van der Waals surface area contributed by atoms with Gasteiger partial charge in [0.2, 0.25) is 0 Å². The van der Waals surface area contributed by atoms with Gasteiger partial charge in [0.15, 0.2) is 17.0 Å². The van der Waals surface area contributed by atoms with Gasteiger partial charge in [-0.15, -0.1) is 0 Å². The number of para-hydroxylation sites is 1. The summed E-state index contributed by atoms with van der Waals surface area (Å²) >= 11 is 0. The summed E-state index contributed by atoms with van der Waals surface area (Å²) in [6.07, 6.45) is 0. The fourth-order valence-electron chi connectivity index (χ4n) is 5.52. The second-order valence-corrected chi connectivity index (χ2v) is 8.95. The molecule has 1 fully saturated rings. The average molecular weight is 485 g/mol. The van der Waals surface area contributed by atoms with Crippen molar-refractivity contribution in [3.63, 3.8) is 0 Å². The van der Waals surface area contributed by atoms with Gasteiger partial charge in [-0.2, -0.15) is 5.26 Å². The molecule has 5 rings (SSSR count). The van der Waals surface area contributed by atoms with Crippen LogP contribution in [0.4, 0.5) is 5.69 Å². The minimum Gasteiger partial charge on any atom is -0.493 e. The highest BCUT2D eigenvalue weighted by atomic mass is 16.6. The number of methoxy groups -OCH3 is 1. The van der Waals surface area contributed by atoms with Crippen LogP contribution in [0.25, 0.3) is 0 Å². The van der Waals surface area contributed by atoms with E-state index < -0.39 is 23.4 Å². The van der Waals surface area contributed by atoms with Crippen LogP contribution in [0, 0.1) is 21.4 Å². The topological polar surface area (TPSA) is 118 Å². The van der Waals surface area contributed by atoms with Crippen molar-refractivity contribution in [3.05, 3.63) is 99.1 Å². The predicted molar refractivity (Wildman–Crippen MR) is 131 cm³/mol. The van der Waals surface area contributed by atoms with Crippen molar-refractivity contribution in [2.75, 3.05) is 26.0 Å². The lowest BCUT2D eigenvalue weighted by atomic mass is 9.79. The SMILES string of the molecule is COc1cc([C@@H]2CN(C)[C@@]3(C(=O)Nc4ccccc43)[C@H]2[N+](=O)[O-])ccc1OCc1ccccc1C#N. The molecule has 182 valence electrons. The van der Waals surface area contributed by atoms with Crippen molar-refractivity contribution < 1.29 is 19.2 Å². The zero-order valence-corrected chi connectivity index (χ0v) is 19.8. The van der Waals surface area contributed by atoms with Crippen LogP contribution >= 0.6 is 0 Å². The van der Waals surface area contributed by atoms with Crippen LogP contribution in [0.2, 0.25) is 0 Å². The Kier molecular flexibility index (Phi) is 5.82. The number of hydrogen-bond donors (Lipinski definition) is 1. The highest BCUT2D eigenvalue weighted by Crippen LogP contribution is 2.52. The molecule has 2 heterocycles. The second-order valence-electron chi connectivity index (χ2n) is 8.95. The van der Waals surface area contributed by atoms with E-state index in [0.29, 0.717) is 40.4 Å². The summed E-state index contributed by atoms with van der Waals surface area (Å²) in [5, 5.41) is 24.7. The van der Waals surface area contributed by atoms with E-state index >= 15 is 0 Å². The Balaban J connectivity index is 1.49. The van der Waals surface area contributed by atoms with E-state index in [-0.39, 0.29) is 11.5 Å². The Hall–Kier alpha value is -4.42. The molecule has 0 saturated carbocycles. The van der Waals surface area contributed by atoms with Gasteiger partial charge in [0.05, 0.1) is 24.7 Å². The molecule has 2 aliphatic rings. The monoisotopic (exact) mass is 484 g/mol. The second kappa shape index (κ2) is 8.98. The lowest BCUT2D eigenvalue weighted by Crippen LogP contribution is -2.54. The molecule has 9 nitrogen and oxygen atoms in total. The number of likely N-dealkylation sites (tertiary alicyclic amines) is 1. The number of amides is 1. The number of fused-ring (bicyclic) bond motifs is 2. The number of benzene rings is 3. The maximum atomic E-state index is 13.3. The number of carbonyl (C=O) groups excluding carboxylic acids is 1. The molecule has 0 radical (unpaired) electrons. The molecule has 1 amide bonds. The summed E-state index contributed by atoms with van der Waals surface area (Å²) in [6, 6.07) is 20.5. The Morgan fingerprint density at radius 3 is 2.67 bits per heavy atom. The zero-order valence-electron chi connectivity index (χ0n) is 19.8. The molecule has 1 saturated heterocycles. The van der Waals surface area contributed by atoms with Gasteiger partial charge in [-0.1, -0.05) is 42.5 Å². The van der Waals surface area contributed by atoms with E-state index in [2.05, 4.69) is 11.4 Å². The molecule has 36 heavy (non-hydrogen) atoms. The molecule has 3 aromatic carbocycles. The summed E-state index contributed by atoms with van der Waals surface area (Å²) in [5.41, 5.74) is 1.75. The average Bonchev–Trinajstić information content (AvgIpc) is 3.37. The molecular formula is C27H24N4O5. The number of nitrogens with zero attached hydrogens (tertiary/aromatic N) is 3. The van der Waals surface area contributed by atoms with Crippen molar-refractivity contribution in [2.45, 2.75) is 24.1 Å². The molecule has 1 spiro atoms. The largest absolute Gasteiger partial charge is 0.493 e. The molecule has 0 unspecified atom stereocenters. The maximum absolute atomic E-state index is 13.3. The number of likely N-dealkylation sites (N-methyl/N-ethyl adjacent to an activating group) is 1. The van der Waals surface area contributed by atoms with Gasteiger partial charge in [-0.3, -0.25) is 19.8 Å². The Morgan fingerprint density at radius 2 is 1.92 bits per heavy atom. The van der Waals surface area contributed by atoms with Crippen LogP contribution in [0.3, 0.4) is 0 Å². The van der Waals surface area contributed by atoms with Gasteiger partial charge in [0.25, 0.3) is 11.9 Å². The van der Waals surface area contributed by atoms with E-state index in [4.69, 9.17) is 9.47 Å². The summed E-state index contributed by atoms with van der Waals surface area (Å²) < 4.78 is 11.5. The molecule has 0 aromatic heterocycles. The first-order chi connectivity index (χ1) is 17.4. The van der Waals surface area contributed by atoms with Crippen LogP contribution in [-0.4, -0.2) is 42.5 Å². The van der Waals surface area contributed by atoms with E-state index in [0.717, 1.165) is 5.56 Å². The van der Waals surface area contributed by atoms with Crippen molar-refractivity contribution in [3.8, 4) is 17.6 Å². The number of ether oxygens (including phenoxy) is 2. The Morgan fingerprint density at radius 1 is 1.17 bits per heavy atom. The molecular weight excluding hydrogens is 460 g/mol. The summed E-state index contributed by atoms with van der Waals surface area (Å²) in [4.78, 5) is 27.2. The van der Waals surface area contributed by atoms with Gasteiger partial charge in [0, 0.05) is 28.3 Å². The van der Waals surface area contributed by atoms with Crippen LogP contribution in [0.15, 0.2) is 66.7 Å². The van der Waals surface area contributed by atoms with Crippen LogP contribution < -0.4 is 14.8 Å². The maximum Gasteiger partial charge on any atom is 0.256 e. The molecule has 1 N–H and O–H groups in total. The quantitative estimate of drug-likeness (QED) is 0.419. The normalized spacial score (nSPS) is 22.6. The number of carbonyl (C=O) groups is 1.